The maximum absolute atomic E-state index is 13.3. The van der Waals surface area contributed by atoms with E-state index in [0.29, 0.717) is 43.5 Å². The Bertz CT molecular complexity index is 1760. The summed E-state index contributed by atoms with van der Waals surface area (Å²) >= 11 is 0. The van der Waals surface area contributed by atoms with Gasteiger partial charge in [0.25, 0.3) is 0 Å². The summed E-state index contributed by atoms with van der Waals surface area (Å²) in [7, 11) is -0.985. The first-order chi connectivity index (χ1) is 19.3. The number of morpholine rings is 1. The van der Waals surface area contributed by atoms with Crippen LogP contribution in [-0.4, -0.2) is 81.9 Å². The van der Waals surface area contributed by atoms with Crippen molar-refractivity contribution in [2.45, 2.75) is 6.92 Å². The molecule has 1 saturated heterocycles. The van der Waals surface area contributed by atoms with Crippen molar-refractivity contribution in [2.24, 2.45) is 0 Å². The van der Waals surface area contributed by atoms with E-state index < -0.39 is 10.2 Å². The lowest BCUT2D eigenvalue weighted by atomic mass is 10.1. The highest BCUT2D eigenvalue weighted by atomic mass is 32.2. The van der Waals surface area contributed by atoms with Crippen LogP contribution in [0.15, 0.2) is 67.0 Å². The maximum atomic E-state index is 13.3. The molecule has 12 nitrogen and oxygen atoms in total. The minimum Gasteiger partial charge on any atom is -0.378 e. The minimum absolute atomic E-state index is 0.267. The first kappa shape index (κ1) is 25.9. The van der Waals surface area contributed by atoms with E-state index >= 15 is 0 Å². The number of anilines is 3. The van der Waals surface area contributed by atoms with Crippen LogP contribution in [-0.2, 0) is 14.9 Å². The molecule has 1 fully saturated rings. The van der Waals surface area contributed by atoms with E-state index in [1.807, 2.05) is 55.5 Å². The highest BCUT2D eigenvalue weighted by Gasteiger charge is 2.25. The molecule has 0 aliphatic carbocycles. The van der Waals surface area contributed by atoms with Crippen LogP contribution in [0.2, 0.25) is 0 Å². The summed E-state index contributed by atoms with van der Waals surface area (Å²) in [4.78, 5) is 11.1. The first-order valence-electron chi connectivity index (χ1n) is 12.8. The molecular formula is C27H29N9O3S. The van der Waals surface area contributed by atoms with Crippen molar-refractivity contribution in [2.75, 3.05) is 50.6 Å². The maximum Gasteiger partial charge on any atom is 0.324 e. The number of hydrogen-bond acceptors (Lipinski definition) is 9. The third-order valence-electron chi connectivity index (χ3n) is 6.68. The number of benzene rings is 1. The van der Waals surface area contributed by atoms with Gasteiger partial charge in [-0.3, -0.25) is 4.98 Å². The van der Waals surface area contributed by atoms with E-state index in [-0.39, 0.29) is 5.82 Å². The summed E-state index contributed by atoms with van der Waals surface area (Å²) < 4.78 is 36.0. The molecule has 0 bridgehead atoms. The van der Waals surface area contributed by atoms with E-state index in [2.05, 4.69) is 20.3 Å². The van der Waals surface area contributed by atoms with Crippen molar-refractivity contribution >= 4 is 33.3 Å². The van der Waals surface area contributed by atoms with E-state index in [1.54, 1.807) is 23.0 Å². The van der Waals surface area contributed by atoms with Crippen LogP contribution in [0.3, 0.4) is 0 Å². The highest BCUT2D eigenvalue weighted by Crippen LogP contribution is 2.30. The lowest BCUT2D eigenvalue weighted by molar-refractivity contribution is 0.122. The molecule has 0 atom stereocenters. The summed E-state index contributed by atoms with van der Waals surface area (Å²) in [6, 6.07) is 17.0. The number of rotatable bonds is 7. The third kappa shape index (κ3) is 4.90. The van der Waals surface area contributed by atoms with Crippen molar-refractivity contribution < 1.29 is 13.2 Å². The molecular weight excluding hydrogens is 530 g/mol. The van der Waals surface area contributed by atoms with Gasteiger partial charge in [-0.2, -0.15) is 27.4 Å². The Hall–Kier alpha value is -4.33. The molecule has 5 aromatic rings. The standard InChI is InChI=1S/C27H29N9O3S/c1-19-4-6-20(7-5-19)23-17-26(36(32-23)40(37,38)33(2)3)30-24-18-27(34-12-14-39-15-13-34)35-25(29-24)16-22(31-35)21-8-10-28-11-9-21/h4-11,16-18H,12-15H2,1-3H3,(H,29,30). The number of nitrogens with zero attached hydrogens (tertiary/aromatic N) is 8. The van der Waals surface area contributed by atoms with Gasteiger partial charge in [-0.25, -0.2) is 4.98 Å². The van der Waals surface area contributed by atoms with Crippen LogP contribution in [0.5, 0.6) is 0 Å². The predicted octanol–water partition coefficient (Wildman–Crippen LogP) is 3.20. The number of hydrogen-bond donors (Lipinski definition) is 1. The SMILES string of the molecule is Cc1ccc(-c2cc(Nc3cc(N4CCOCC4)n4nc(-c5ccncc5)cc4n3)n(S(=O)(=O)N(C)C)n2)cc1. The molecule has 13 heteroatoms. The molecule has 5 heterocycles. The minimum atomic E-state index is -3.93. The fourth-order valence-corrected chi connectivity index (χ4v) is 5.33. The number of pyridine rings is 1. The molecule has 0 unspecified atom stereocenters. The summed E-state index contributed by atoms with van der Waals surface area (Å²) in [6.45, 7) is 4.56. The third-order valence-corrected chi connectivity index (χ3v) is 8.32. The van der Waals surface area contributed by atoms with Gasteiger partial charge in [0.05, 0.1) is 24.6 Å². The summed E-state index contributed by atoms with van der Waals surface area (Å²) in [5.74, 6) is 1.54. The zero-order valence-corrected chi connectivity index (χ0v) is 23.2. The molecule has 0 radical (unpaired) electrons. The number of aromatic nitrogens is 6. The van der Waals surface area contributed by atoms with Gasteiger partial charge < -0.3 is 15.0 Å². The molecule has 40 heavy (non-hydrogen) atoms. The molecule has 0 saturated carbocycles. The second kappa shape index (κ2) is 10.3. The van der Waals surface area contributed by atoms with E-state index in [0.717, 1.165) is 36.6 Å². The molecule has 206 valence electrons. The number of nitrogens with one attached hydrogen (secondary N) is 1. The molecule has 6 rings (SSSR count). The fourth-order valence-electron chi connectivity index (χ4n) is 4.48. The Morgan fingerprint density at radius 3 is 2.27 bits per heavy atom. The zero-order valence-electron chi connectivity index (χ0n) is 22.4. The zero-order chi connectivity index (χ0) is 27.9. The van der Waals surface area contributed by atoms with Gasteiger partial charge in [-0.15, -0.1) is 4.09 Å². The average Bonchev–Trinajstić information content (AvgIpc) is 3.59. The topological polar surface area (TPSA) is 123 Å². The molecule has 1 N–H and O–H groups in total. The molecule has 4 aromatic heterocycles. The Balaban J connectivity index is 1.47. The smallest absolute Gasteiger partial charge is 0.324 e. The van der Waals surface area contributed by atoms with Crippen molar-refractivity contribution in [1.82, 2.24) is 33.1 Å². The van der Waals surface area contributed by atoms with Crippen LogP contribution in [0.1, 0.15) is 5.56 Å². The van der Waals surface area contributed by atoms with Gasteiger partial charge >= 0.3 is 10.2 Å². The molecule has 1 aromatic carbocycles. The molecule has 1 aliphatic rings. The van der Waals surface area contributed by atoms with Gasteiger partial charge in [-0.1, -0.05) is 29.8 Å². The van der Waals surface area contributed by atoms with Crippen molar-refractivity contribution in [3.63, 3.8) is 0 Å². The predicted molar refractivity (Wildman–Crippen MR) is 153 cm³/mol. The second-order valence-corrected chi connectivity index (χ2v) is 11.6. The lowest BCUT2D eigenvalue weighted by Gasteiger charge is -2.29. The van der Waals surface area contributed by atoms with Gasteiger partial charge in [0.1, 0.15) is 17.5 Å². The summed E-state index contributed by atoms with van der Waals surface area (Å²) in [5.41, 5.74) is 4.70. The summed E-state index contributed by atoms with van der Waals surface area (Å²) in [5, 5.41) is 12.5. The molecule has 0 spiro atoms. The van der Waals surface area contributed by atoms with Crippen molar-refractivity contribution in [1.29, 1.82) is 0 Å². The van der Waals surface area contributed by atoms with Crippen LogP contribution in [0.4, 0.5) is 17.5 Å². The Morgan fingerprint density at radius 2 is 1.57 bits per heavy atom. The van der Waals surface area contributed by atoms with Crippen LogP contribution < -0.4 is 10.2 Å². The quantitative estimate of drug-likeness (QED) is 0.320. The number of aryl methyl sites for hydroxylation is 1. The fraction of sp³-hybridized carbons (Fsp3) is 0.259. The Morgan fingerprint density at radius 1 is 0.900 bits per heavy atom. The number of fused-ring (bicyclic) bond motifs is 1. The van der Waals surface area contributed by atoms with Crippen molar-refractivity contribution in [3.05, 3.63) is 72.6 Å². The first-order valence-corrected chi connectivity index (χ1v) is 14.2. The van der Waals surface area contributed by atoms with Crippen LogP contribution in [0, 0.1) is 6.92 Å². The van der Waals surface area contributed by atoms with E-state index in [9.17, 15) is 8.42 Å². The van der Waals surface area contributed by atoms with E-state index in [4.69, 9.17) is 14.8 Å². The molecule has 1 aliphatic heterocycles. The number of ether oxygens (including phenoxy) is 1. The highest BCUT2D eigenvalue weighted by molar-refractivity contribution is 7.87. The van der Waals surface area contributed by atoms with Crippen molar-refractivity contribution in [3.8, 4) is 22.5 Å². The van der Waals surface area contributed by atoms with Crippen LogP contribution >= 0.6 is 0 Å². The second-order valence-electron chi connectivity index (χ2n) is 9.67. The van der Waals surface area contributed by atoms with Gasteiger partial charge in [-0.05, 0) is 19.1 Å². The lowest BCUT2D eigenvalue weighted by Crippen LogP contribution is -2.37. The Kier molecular flexibility index (Phi) is 6.70. The largest absolute Gasteiger partial charge is 0.378 e. The van der Waals surface area contributed by atoms with Gasteiger partial charge in [0.2, 0.25) is 0 Å². The van der Waals surface area contributed by atoms with Crippen LogP contribution in [0.25, 0.3) is 28.2 Å². The monoisotopic (exact) mass is 559 g/mol. The average molecular weight is 560 g/mol. The normalized spacial score (nSPS) is 14.2. The summed E-state index contributed by atoms with van der Waals surface area (Å²) in [6.07, 6.45) is 3.45. The van der Waals surface area contributed by atoms with E-state index in [1.165, 1.54) is 14.1 Å². The van der Waals surface area contributed by atoms with Gasteiger partial charge in [0.15, 0.2) is 5.65 Å². The molecule has 0 amide bonds. The van der Waals surface area contributed by atoms with Gasteiger partial charge in [0, 0.05) is 68.9 Å². The Labute approximate surface area is 232 Å².